The molecule has 18 heavy (non-hydrogen) atoms. The van der Waals surface area contributed by atoms with Crippen LogP contribution in [-0.2, 0) is 4.79 Å². The lowest BCUT2D eigenvalue weighted by atomic mass is 10.1. The van der Waals surface area contributed by atoms with Crippen LogP contribution in [0.2, 0.25) is 0 Å². The number of hydrogen-bond donors (Lipinski definition) is 1. The number of carbonyl (C=O) groups is 3. The second-order valence-electron chi connectivity index (χ2n) is 3.93. The first-order valence-electron chi connectivity index (χ1n) is 5.36. The van der Waals surface area contributed by atoms with Crippen molar-refractivity contribution >= 4 is 17.8 Å². The standard InChI is InChI=1S/C12H11NO5/c14-9(12(17)18)5-6-13-10(15)7-3-1-2-4-8(7)11(13)16/h1-4,9,14H,5-6H2,(H,17,18)/p-1/t9-/m0/s1. The number of aliphatic hydroxyl groups is 1. The average molecular weight is 248 g/mol. The number of hydrogen-bond acceptors (Lipinski definition) is 5. The maximum absolute atomic E-state index is 11.8. The van der Waals surface area contributed by atoms with Crippen molar-refractivity contribution in [2.45, 2.75) is 12.5 Å². The summed E-state index contributed by atoms with van der Waals surface area (Å²) < 4.78 is 0. The Morgan fingerprint density at radius 3 is 2.17 bits per heavy atom. The summed E-state index contributed by atoms with van der Waals surface area (Å²) in [5, 5.41) is 19.4. The van der Waals surface area contributed by atoms with Gasteiger partial charge < -0.3 is 15.0 Å². The van der Waals surface area contributed by atoms with Gasteiger partial charge >= 0.3 is 0 Å². The molecule has 0 radical (unpaired) electrons. The highest BCUT2D eigenvalue weighted by Crippen LogP contribution is 2.22. The predicted molar refractivity (Wildman–Crippen MR) is 57.4 cm³/mol. The van der Waals surface area contributed by atoms with Crippen LogP contribution in [-0.4, -0.2) is 40.4 Å². The van der Waals surface area contributed by atoms with Gasteiger partial charge in [0.2, 0.25) is 0 Å². The molecule has 0 aromatic heterocycles. The van der Waals surface area contributed by atoms with Gasteiger partial charge in [-0.15, -0.1) is 0 Å². The van der Waals surface area contributed by atoms with E-state index >= 15 is 0 Å². The van der Waals surface area contributed by atoms with Crippen molar-refractivity contribution in [1.29, 1.82) is 0 Å². The molecule has 1 N–H and O–H groups in total. The number of benzene rings is 1. The van der Waals surface area contributed by atoms with Gasteiger partial charge in [-0.05, 0) is 18.6 Å². The summed E-state index contributed by atoms with van der Waals surface area (Å²) in [7, 11) is 0. The molecular weight excluding hydrogens is 238 g/mol. The highest BCUT2D eigenvalue weighted by molar-refractivity contribution is 6.21. The molecule has 0 saturated heterocycles. The molecule has 0 fully saturated rings. The molecule has 1 aliphatic heterocycles. The Balaban J connectivity index is 2.12. The number of amides is 2. The molecule has 6 nitrogen and oxygen atoms in total. The molecule has 2 rings (SSSR count). The Bertz CT molecular complexity index is 490. The highest BCUT2D eigenvalue weighted by Gasteiger charge is 2.34. The van der Waals surface area contributed by atoms with Crippen LogP contribution in [0.3, 0.4) is 0 Å². The van der Waals surface area contributed by atoms with Crippen LogP contribution in [0.4, 0.5) is 0 Å². The second-order valence-corrected chi connectivity index (χ2v) is 3.93. The Kier molecular flexibility index (Phi) is 3.12. The topological polar surface area (TPSA) is 97.7 Å². The fourth-order valence-electron chi connectivity index (χ4n) is 1.81. The monoisotopic (exact) mass is 248 g/mol. The molecule has 1 aromatic rings. The quantitative estimate of drug-likeness (QED) is 0.674. The van der Waals surface area contributed by atoms with Crippen LogP contribution < -0.4 is 5.11 Å². The molecule has 1 aliphatic rings. The molecular formula is C12H10NO5-. The van der Waals surface area contributed by atoms with Gasteiger partial charge in [0.25, 0.3) is 11.8 Å². The zero-order chi connectivity index (χ0) is 13.3. The minimum absolute atomic E-state index is 0.151. The molecule has 0 unspecified atom stereocenters. The van der Waals surface area contributed by atoms with Gasteiger partial charge in [-0.25, -0.2) is 0 Å². The van der Waals surface area contributed by atoms with Gasteiger partial charge in [-0.3, -0.25) is 14.5 Å². The molecule has 6 heteroatoms. The molecule has 1 heterocycles. The third-order valence-electron chi connectivity index (χ3n) is 2.78. The maximum atomic E-state index is 11.8. The van der Waals surface area contributed by atoms with Gasteiger partial charge in [0, 0.05) is 6.54 Å². The summed E-state index contributed by atoms with van der Waals surface area (Å²) in [6, 6.07) is 6.35. The van der Waals surface area contributed by atoms with Crippen LogP contribution >= 0.6 is 0 Å². The molecule has 1 aromatic carbocycles. The Labute approximate surface area is 102 Å². The van der Waals surface area contributed by atoms with Crippen molar-refractivity contribution < 1.29 is 24.6 Å². The highest BCUT2D eigenvalue weighted by atomic mass is 16.4. The van der Waals surface area contributed by atoms with Crippen LogP contribution in [0.5, 0.6) is 0 Å². The van der Waals surface area contributed by atoms with Gasteiger partial charge in [0.15, 0.2) is 0 Å². The van der Waals surface area contributed by atoms with Crippen molar-refractivity contribution in [3.05, 3.63) is 35.4 Å². The van der Waals surface area contributed by atoms with Crippen molar-refractivity contribution in [2.75, 3.05) is 6.54 Å². The number of rotatable bonds is 4. The van der Waals surface area contributed by atoms with E-state index in [0.717, 1.165) is 4.90 Å². The molecule has 0 aliphatic carbocycles. The number of carbonyl (C=O) groups excluding carboxylic acids is 3. The van der Waals surface area contributed by atoms with E-state index in [1.165, 1.54) is 12.1 Å². The van der Waals surface area contributed by atoms with Gasteiger partial charge in [0.05, 0.1) is 23.2 Å². The van der Waals surface area contributed by atoms with E-state index in [-0.39, 0.29) is 13.0 Å². The summed E-state index contributed by atoms with van der Waals surface area (Å²) in [5.41, 5.74) is 0.593. The van der Waals surface area contributed by atoms with E-state index in [1.807, 2.05) is 0 Å². The van der Waals surface area contributed by atoms with Crippen LogP contribution in [0.25, 0.3) is 0 Å². The third kappa shape index (κ3) is 1.98. The summed E-state index contributed by atoms with van der Waals surface area (Å²) in [6.07, 6.45) is -1.93. The summed E-state index contributed by atoms with van der Waals surface area (Å²) in [6.45, 7) is -0.151. The SMILES string of the molecule is O=C([O-])[C@@H](O)CCN1C(=O)c2ccccc2C1=O. The van der Waals surface area contributed by atoms with E-state index in [9.17, 15) is 19.5 Å². The number of carboxylic acid groups (broad SMARTS) is 1. The Hall–Kier alpha value is -2.21. The number of aliphatic carboxylic acids is 1. The fraction of sp³-hybridized carbons (Fsp3) is 0.250. The first-order valence-corrected chi connectivity index (χ1v) is 5.36. The molecule has 0 spiro atoms. The van der Waals surface area contributed by atoms with Crippen molar-refractivity contribution in [3.63, 3.8) is 0 Å². The van der Waals surface area contributed by atoms with E-state index in [2.05, 4.69) is 0 Å². The first kappa shape index (κ1) is 12.3. The van der Waals surface area contributed by atoms with Crippen molar-refractivity contribution in [3.8, 4) is 0 Å². The molecule has 2 amide bonds. The van der Waals surface area contributed by atoms with E-state index in [4.69, 9.17) is 5.11 Å². The molecule has 1 atom stereocenters. The number of carboxylic acids is 1. The van der Waals surface area contributed by atoms with Crippen molar-refractivity contribution in [1.82, 2.24) is 4.90 Å². The number of nitrogens with zero attached hydrogens (tertiary/aromatic N) is 1. The van der Waals surface area contributed by atoms with E-state index in [0.29, 0.717) is 11.1 Å². The van der Waals surface area contributed by atoms with E-state index < -0.39 is 23.9 Å². The average Bonchev–Trinajstić information content (AvgIpc) is 2.60. The number of imide groups is 1. The minimum atomic E-state index is -1.69. The Morgan fingerprint density at radius 1 is 1.22 bits per heavy atom. The normalized spacial score (nSPS) is 15.7. The number of fused-ring (bicyclic) bond motifs is 1. The molecule has 0 saturated carbocycles. The molecule has 0 bridgehead atoms. The fourth-order valence-corrected chi connectivity index (χ4v) is 1.81. The van der Waals surface area contributed by atoms with Crippen LogP contribution in [0.1, 0.15) is 27.1 Å². The first-order chi connectivity index (χ1) is 8.52. The summed E-state index contributed by atoms with van der Waals surface area (Å²) in [5.74, 6) is -2.56. The largest absolute Gasteiger partial charge is 0.547 e. The predicted octanol–water partition coefficient (Wildman–Crippen LogP) is -1.22. The van der Waals surface area contributed by atoms with Gasteiger partial charge in [-0.2, -0.15) is 0 Å². The zero-order valence-corrected chi connectivity index (χ0v) is 9.33. The summed E-state index contributed by atoms with van der Waals surface area (Å²) in [4.78, 5) is 35.0. The molecule has 94 valence electrons. The second kappa shape index (κ2) is 4.58. The lowest BCUT2D eigenvalue weighted by Crippen LogP contribution is -2.39. The van der Waals surface area contributed by atoms with Crippen molar-refractivity contribution in [2.24, 2.45) is 0 Å². The summed E-state index contributed by atoms with van der Waals surface area (Å²) >= 11 is 0. The Morgan fingerprint density at radius 2 is 1.72 bits per heavy atom. The smallest absolute Gasteiger partial charge is 0.261 e. The lowest BCUT2D eigenvalue weighted by molar-refractivity contribution is -0.315. The van der Waals surface area contributed by atoms with Crippen LogP contribution in [0.15, 0.2) is 24.3 Å². The van der Waals surface area contributed by atoms with Gasteiger partial charge in [-0.1, -0.05) is 12.1 Å². The lowest BCUT2D eigenvalue weighted by Gasteiger charge is -2.17. The van der Waals surface area contributed by atoms with Gasteiger partial charge in [0.1, 0.15) is 0 Å². The minimum Gasteiger partial charge on any atom is -0.547 e. The van der Waals surface area contributed by atoms with E-state index in [1.54, 1.807) is 12.1 Å². The zero-order valence-electron chi connectivity index (χ0n) is 9.33. The third-order valence-corrected chi connectivity index (χ3v) is 2.78. The maximum Gasteiger partial charge on any atom is 0.261 e. The number of aliphatic hydroxyl groups excluding tert-OH is 1. The van der Waals surface area contributed by atoms with Crippen LogP contribution in [0, 0.1) is 0 Å².